The Kier molecular flexibility index (Phi) is 6.17. The third-order valence-electron chi connectivity index (χ3n) is 3.50. The van der Waals surface area contributed by atoms with Crippen molar-refractivity contribution in [2.24, 2.45) is 0 Å². The third-order valence-corrected chi connectivity index (χ3v) is 5.33. The molecule has 2 aromatic rings. The Hall–Kier alpha value is -2.38. The van der Waals surface area contributed by atoms with Crippen molar-refractivity contribution >= 4 is 16.0 Å². The lowest BCUT2D eigenvalue weighted by Gasteiger charge is -2.12. The first-order chi connectivity index (χ1) is 11.9. The Morgan fingerprint density at radius 1 is 1.04 bits per heavy atom. The van der Waals surface area contributed by atoms with Gasteiger partial charge in [-0.1, -0.05) is 18.2 Å². The number of esters is 1. The Labute approximate surface area is 148 Å². The quantitative estimate of drug-likeness (QED) is 0.707. The maximum Gasteiger partial charge on any atom is 0.338 e. The second kappa shape index (κ2) is 8.13. The zero-order valence-corrected chi connectivity index (χ0v) is 15.2. The Morgan fingerprint density at radius 2 is 1.68 bits per heavy atom. The average molecular weight is 363 g/mol. The Bertz CT molecular complexity index is 829. The van der Waals surface area contributed by atoms with E-state index in [2.05, 4.69) is 0 Å². The molecule has 0 bridgehead atoms. The molecular formula is C18H21NO5S. The highest BCUT2D eigenvalue weighted by Crippen LogP contribution is 2.20. The van der Waals surface area contributed by atoms with Crippen LogP contribution in [0.25, 0.3) is 0 Å². The minimum absolute atomic E-state index is 0.0761. The second-order valence-electron chi connectivity index (χ2n) is 5.43. The zero-order valence-electron chi connectivity index (χ0n) is 14.4. The van der Waals surface area contributed by atoms with Gasteiger partial charge in [-0.3, -0.25) is 0 Å². The molecule has 2 rings (SSSR count). The molecule has 7 heteroatoms. The first-order valence-electron chi connectivity index (χ1n) is 7.76. The molecule has 0 saturated carbocycles. The lowest BCUT2D eigenvalue weighted by molar-refractivity contribution is 0.0469. The van der Waals surface area contributed by atoms with Crippen molar-refractivity contribution in [3.8, 4) is 5.75 Å². The van der Waals surface area contributed by atoms with Gasteiger partial charge in [-0.2, -0.15) is 0 Å². The molecule has 0 amide bonds. The van der Waals surface area contributed by atoms with Gasteiger partial charge in [0.2, 0.25) is 10.0 Å². The molecule has 0 aliphatic rings. The lowest BCUT2D eigenvalue weighted by Crippen LogP contribution is -2.22. The van der Waals surface area contributed by atoms with E-state index in [4.69, 9.17) is 9.47 Å². The molecule has 0 heterocycles. The second-order valence-corrected chi connectivity index (χ2v) is 7.58. The summed E-state index contributed by atoms with van der Waals surface area (Å²) in [7, 11) is -0.618. The molecule has 0 radical (unpaired) electrons. The van der Waals surface area contributed by atoms with E-state index >= 15 is 0 Å². The molecule has 0 aliphatic carbocycles. The first kappa shape index (κ1) is 19.0. The summed E-state index contributed by atoms with van der Waals surface area (Å²) in [6, 6.07) is 13.0. The first-order valence-corrected chi connectivity index (χ1v) is 9.20. The van der Waals surface area contributed by atoms with Gasteiger partial charge < -0.3 is 9.47 Å². The average Bonchev–Trinajstić information content (AvgIpc) is 2.61. The summed E-state index contributed by atoms with van der Waals surface area (Å²) >= 11 is 0. The van der Waals surface area contributed by atoms with Crippen molar-refractivity contribution in [2.45, 2.75) is 18.4 Å². The van der Waals surface area contributed by atoms with Crippen LogP contribution in [0.4, 0.5) is 0 Å². The molecule has 0 aliphatic heterocycles. The van der Waals surface area contributed by atoms with Crippen molar-refractivity contribution in [1.29, 1.82) is 0 Å². The molecule has 0 saturated heterocycles. The van der Waals surface area contributed by atoms with Gasteiger partial charge in [0.05, 0.1) is 17.1 Å². The monoisotopic (exact) mass is 363 g/mol. The molecule has 25 heavy (non-hydrogen) atoms. The Balaban J connectivity index is 2.07. The molecule has 0 spiro atoms. The highest BCUT2D eigenvalue weighted by atomic mass is 32.2. The summed E-state index contributed by atoms with van der Waals surface area (Å²) in [6.07, 6.45) is 0. The van der Waals surface area contributed by atoms with Crippen LogP contribution in [0.3, 0.4) is 0 Å². The fourth-order valence-electron chi connectivity index (χ4n) is 2.12. The summed E-state index contributed by atoms with van der Waals surface area (Å²) in [5, 5.41) is 0. The maximum absolute atomic E-state index is 12.2. The molecule has 0 unspecified atom stereocenters. The van der Waals surface area contributed by atoms with E-state index in [0.29, 0.717) is 12.4 Å². The molecular weight excluding hydrogens is 342 g/mol. The topological polar surface area (TPSA) is 72.9 Å². The van der Waals surface area contributed by atoms with Crippen LogP contribution in [0, 0.1) is 0 Å². The summed E-state index contributed by atoms with van der Waals surface area (Å²) in [5.74, 6) is 0.144. The number of hydrogen-bond acceptors (Lipinski definition) is 5. The van der Waals surface area contributed by atoms with Crippen LogP contribution in [0.1, 0.15) is 22.8 Å². The lowest BCUT2D eigenvalue weighted by atomic mass is 10.2. The number of rotatable bonds is 7. The minimum Gasteiger partial charge on any atom is -0.493 e. The predicted octanol–water partition coefficient (Wildman–Crippen LogP) is 2.69. The molecule has 0 fully saturated rings. The molecule has 0 N–H and O–H groups in total. The van der Waals surface area contributed by atoms with Gasteiger partial charge in [-0.25, -0.2) is 17.5 Å². The summed E-state index contributed by atoms with van der Waals surface area (Å²) in [4.78, 5) is 12.3. The number of sulfonamides is 1. The summed E-state index contributed by atoms with van der Waals surface area (Å²) in [6.45, 7) is 2.48. The fraction of sp³-hybridized carbons (Fsp3) is 0.278. The normalized spacial score (nSPS) is 11.4. The van der Waals surface area contributed by atoms with Gasteiger partial charge in [0.25, 0.3) is 0 Å². The highest BCUT2D eigenvalue weighted by Gasteiger charge is 2.18. The van der Waals surface area contributed by atoms with E-state index in [-0.39, 0.29) is 17.1 Å². The van der Waals surface area contributed by atoms with Gasteiger partial charge in [0, 0.05) is 19.7 Å². The van der Waals surface area contributed by atoms with Crippen molar-refractivity contribution in [1.82, 2.24) is 4.31 Å². The fourth-order valence-corrected chi connectivity index (χ4v) is 3.02. The van der Waals surface area contributed by atoms with Gasteiger partial charge in [0.1, 0.15) is 12.4 Å². The highest BCUT2D eigenvalue weighted by molar-refractivity contribution is 7.89. The van der Waals surface area contributed by atoms with Crippen molar-refractivity contribution in [2.75, 3.05) is 20.7 Å². The van der Waals surface area contributed by atoms with Crippen molar-refractivity contribution in [3.05, 3.63) is 59.7 Å². The smallest absolute Gasteiger partial charge is 0.338 e. The molecule has 134 valence electrons. The number of para-hydroxylation sites is 1. The van der Waals surface area contributed by atoms with Gasteiger partial charge in [-0.05, 0) is 37.3 Å². The third kappa shape index (κ3) is 4.58. The standard InChI is InChI=1S/C18H21NO5S/c1-4-23-17-8-6-5-7-15(17)13-24-18(20)14-9-11-16(12-10-14)25(21,22)19(2)3/h5-12H,4,13H2,1-3H3. The van der Waals surface area contributed by atoms with Crippen LogP contribution < -0.4 is 4.74 Å². The predicted molar refractivity (Wildman–Crippen MR) is 94.0 cm³/mol. The van der Waals surface area contributed by atoms with Crippen LogP contribution in [0.15, 0.2) is 53.4 Å². The minimum atomic E-state index is -3.52. The molecule has 0 aromatic heterocycles. The number of carbonyl (C=O) groups is 1. The van der Waals surface area contributed by atoms with Crippen molar-refractivity contribution in [3.63, 3.8) is 0 Å². The SMILES string of the molecule is CCOc1ccccc1COC(=O)c1ccc(S(=O)(=O)N(C)C)cc1. The summed E-state index contributed by atoms with van der Waals surface area (Å²) < 4.78 is 35.9. The van der Waals surface area contributed by atoms with Crippen LogP contribution in [-0.4, -0.2) is 39.4 Å². The van der Waals surface area contributed by atoms with E-state index in [0.717, 1.165) is 9.87 Å². The molecule has 2 aromatic carbocycles. The largest absolute Gasteiger partial charge is 0.493 e. The van der Waals surface area contributed by atoms with Gasteiger partial charge in [-0.15, -0.1) is 0 Å². The molecule has 6 nitrogen and oxygen atoms in total. The van der Waals surface area contributed by atoms with Crippen molar-refractivity contribution < 1.29 is 22.7 Å². The van der Waals surface area contributed by atoms with Gasteiger partial charge in [0.15, 0.2) is 0 Å². The number of hydrogen-bond donors (Lipinski definition) is 0. The number of benzene rings is 2. The van der Waals surface area contributed by atoms with Gasteiger partial charge >= 0.3 is 5.97 Å². The summed E-state index contributed by atoms with van der Waals surface area (Å²) in [5.41, 5.74) is 1.05. The van der Waals surface area contributed by atoms with E-state index in [1.54, 1.807) is 0 Å². The number of ether oxygens (including phenoxy) is 2. The van der Waals surface area contributed by atoms with E-state index in [1.165, 1.54) is 38.4 Å². The van der Waals surface area contributed by atoms with Crippen LogP contribution in [0.2, 0.25) is 0 Å². The zero-order chi connectivity index (χ0) is 18.4. The number of nitrogens with zero attached hydrogens (tertiary/aromatic N) is 1. The number of carbonyl (C=O) groups excluding carboxylic acids is 1. The van der Waals surface area contributed by atoms with Crippen LogP contribution >= 0.6 is 0 Å². The van der Waals surface area contributed by atoms with E-state index in [1.807, 2.05) is 31.2 Å². The Morgan fingerprint density at radius 3 is 2.28 bits per heavy atom. The molecule has 0 atom stereocenters. The van der Waals surface area contributed by atoms with E-state index < -0.39 is 16.0 Å². The van der Waals surface area contributed by atoms with Crippen LogP contribution in [0.5, 0.6) is 5.75 Å². The van der Waals surface area contributed by atoms with Crippen LogP contribution in [-0.2, 0) is 21.4 Å². The van der Waals surface area contributed by atoms with E-state index in [9.17, 15) is 13.2 Å². The maximum atomic E-state index is 12.2.